The molecule has 0 N–H and O–H groups in total. The SMILES string of the molecule is O=C(Oc1ccc(N2C(=O)[C@@H]3[C@H]4CC[C@@H](C4)[C@@H]3C2=O)cc1)[C@@H]1CC(=O)N(c2ccc(F)cc2)C1. The fourth-order valence-corrected chi connectivity index (χ4v) is 6.26. The molecule has 7 nitrogen and oxygen atoms in total. The molecule has 2 aromatic rings. The number of benzene rings is 2. The number of anilines is 2. The van der Waals surface area contributed by atoms with Crippen LogP contribution >= 0.6 is 0 Å². The zero-order chi connectivity index (χ0) is 23.6. The number of carbonyl (C=O) groups excluding carboxylic acids is 4. The number of hydrogen-bond donors (Lipinski definition) is 0. The first-order valence-electron chi connectivity index (χ1n) is 11.7. The summed E-state index contributed by atoms with van der Waals surface area (Å²) in [5.41, 5.74) is 1.02. The van der Waals surface area contributed by atoms with Crippen LogP contribution in [0.5, 0.6) is 5.75 Å². The minimum Gasteiger partial charge on any atom is -0.426 e. The van der Waals surface area contributed by atoms with Gasteiger partial charge in [-0.3, -0.25) is 24.1 Å². The van der Waals surface area contributed by atoms with Crippen molar-refractivity contribution in [1.29, 1.82) is 0 Å². The number of rotatable bonds is 4. The van der Waals surface area contributed by atoms with E-state index >= 15 is 0 Å². The maximum Gasteiger partial charge on any atom is 0.316 e. The summed E-state index contributed by atoms with van der Waals surface area (Å²) < 4.78 is 18.6. The maximum absolute atomic E-state index is 13.2. The van der Waals surface area contributed by atoms with Crippen molar-refractivity contribution in [2.45, 2.75) is 25.7 Å². The molecular formula is C26H23FN2O5. The molecule has 8 heteroatoms. The Morgan fingerprint density at radius 3 is 2.06 bits per heavy atom. The van der Waals surface area contributed by atoms with Crippen molar-refractivity contribution in [3.63, 3.8) is 0 Å². The first-order chi connectivity index (χ1) is 16.4. The second-order valence-corrected chi connectivity index (χ2v) is 9.69. The van der Waals surface area contributed by atoms with E-state index in [-0.39, 0.29) is 48.3 Å². The van der Waals surface area contributed by atoms with Crippen molar-refractivity contribution in [2.24, 2.45) is 29.6 Å². The molecule has 4 fully saturated rings. The zero-order valence-electron chi connectivity index (χ0n) is 18.4. The number of halogens is 1. The zero-order valence-corrected chi connectivity index (χ0v) is 18.4. The van der Waals surface area contributed by atoms with Gasteiger partial charge in [-0.2, -0.15) is 0 Å². The number of fused-ring (bicyclic) bond motifs is 5. The molecule has 4 aliphatic rings. The van der Waals surface area contributed by atoms with Crippen LogP contribution in [0.25, 0.3) is 0 Å². The maximum atomic E-state index is 13.2. The molecular weight excluding hydrogens is 439 g/mol. The molecule has 174 valence electrons. The Kier molecular flexibility index (Phi) is 4.79. The molecule has 2 bridgehead atoms. The van der Waals surface area contributed by atoms with Gasteiger partial charge in [0.05, 0.1) is 23.4 Å². The van der Waals surface area contributed by atoms with Crippen molar-refractivity contribution in [3.8, 4) is 5.75 Å². The smallest absolute Gasteiger partial charge is 0.316 e. The van der Waals surface area contributed by atoms with E-state index in [4.69, 9.17) is 4.74 Å². The summed E-state index contributed by atoms with van der Waals surface area (Å²) >= 11 is 0. The highest BCUT2D eigenvalue weighted by Crippen LogP contribution is 2.56. The third-order valence-electron chi connectivity index (χ3n) is 7.84. The number of carbonyl (C=O) groups is 4. The predicted octanol–water partition coefficient (Wildman–Crippen LogP) is 3.32. The Morgan fingerprint density at radius 2 is 1.44 bits per heavy atom. The van der Waals surface area contributed by atoms with Gasteiger partial charge >= 0.3 is 5.97 Å². The van der Waals surface area contributed by atoms with E-state index in [0.29, 0.717) is 23.2 Å². The van der Waals surface area contributed by atoms with Gasteiger partial charge in [-0.25, -0.2) is 4.39 Å². The predicted molar refractivity (Wildman–Crippen MR) is 119 cm³/mol. The van der Waals surface area contributed by atoms with Gasteiger partial charge < -0.3 is 9.64 Å². The molecule has 2 aliphatic heterocycles. The fraction of sp³-hybridized carbons (Fsp3) is 0.385. The van der Waals surface area contributed by atoms with Crippen LogP contribution in [0.4, 0.5) is 15.8 Å². The van der Waals surface area contributed by atoms with Crippen molar-refractivity contribution >= 4 is 35.1 Å². The monoisotopic (exact) mass is 462 g/mol. The average Bonchev–Trinajstić information content (AvgIpc) is 3.59. The number of amides is 3. The summed E-state index contributed by atoms with van der Waals surface area (Å²) in [4.78, 5) is 53.7. The highest BCUT2D eigenvalue weighted by Gasteiger charge is 2.61. The van der Waals surface area contributed by atoms with E-state index in [2.05, 4.69) is 0 Å². The second-order valence-electron chi connectivity index (χ2n) is 9.69. The van der Waals surface area contributed by atoms with Crippen molar-refractivity contribution in [3.05, 3.63) is 54.3 Å². The molecule has 2 saturated heterocycles. The molecule has 0 aromatic heterocycles. The lowest BCUT2D eigenvalue weighted by Crippen LogP contribution is -2.32. The lowest BCUT2D eigenvalue weighted by atomic mass is 9.81. The summed E-state index contributed by atoms with van der Waals surface area (Å²) in [6.45, 7) is 0.156. The minimum absolute atomic E-state index is 0.0101. The van der Waals surface area contributed by atoms with Crippen LogP contribution in [0.2, 0.25) is 0 Å². The second kappa shape index (κ2) is 7.75. The Balaban J connectivity index is 1.12. The highest BCUT2D eigenvalue weighted by molar-refractivity contribution is 6.22. The van der Waals surface area contributed by atoms with E-state index in [9.17, 15) is 23.6 Å². The molecule has 0 spiro atoms. The van der Waals surface area contributed by atoms with Crippen LogP contribution in [-0.2, 0) is 19.2 Å². The van der Waals surface area contributed by atoms with Crippen LogP contribution in [0.15, 0.2) is 48.5 Å². The Bertz CT molecular complexity index is 1170. The van der Waals surface area contributed by atoms with Gasteiger partial charge in [-0.05, 0) is 79.6 Å². The lowest BCUT2D eigenvalue weighted by molar-refractivity contribution is -0.139. The van der Waals surface area contributed by atoms with Crippen LogP contribution in [-0.4, -0.2) is 30.2 Å². The topological polar surface area (TPSA) is 84.0 Å². The quantitative estimate of drug-likeness (QED) is 0.396. The number of ether oxygens (including phenoxy) is 1. The molecule has 6 rings (SSSR count). The molecule has 2 heterocycles. The number of hydrogen-bond acceptors (Lipinski definition) is 5. The van der Waals surface area contributed by atoms with E-state index in [1.165, 1.54) is 34.1 Å². The fourth-order valence-electron chi connectivity index (χ4n) is 6.26. The van der Waals surface area contributed by atoms with Crippen molar-refractivity contribution < 1.29 is 28.3 Å². The van der Waals surface area contributed by atoms with Gasteiger partial charge in [0.1, 0.15) is 11.6 Å². The summed E-state index contributed by atoms with van der Waals surface area (Å²) in [6, 6.07) is 11.9. The van der Waals surface area contributed by atoms with Gasteiger partial charge in [-0.1, -0.05) is 0 Å². The highest BCUT2D eigenvalue weighted by atomic mass is 19.1. The first kappa shape index (κ1) is 21.0. The Hall–Kier alpha value is -3.55. The average molecular weight is 462 g/mol. The number of nitrogens with zero attached hydrogens (tertiary/aromatic N) is 2. The Morgan fingerprint density at radius 1 is 0.853 bits per heavy atom. The molecule has 34 heavy (non-hydrogen) atoms. The summed E-state index contributed by atoms with van der Waals surface area (Å²) in [5.74, 6) is -1.49. The number of imide groups is 1. The van der Waals surface area contributed by atoms with Gasteiger partial charge in [0.25, 0.3) is 0 Å². The van der Waals surface area contributed by atoms with Crippen LogP contribution < -0.4 is 14.5 Å². The molecule has 2 saturated carbocycles. The normalized spacial score (nSPS) is 29.8. The van der Waals surface area contributed by atoms with Gasteiger partial charge in [0, 0.05) is 18.7 Å². The summed E-state index contributed by atoms with van der Waals surface area (Å²) in [5, 5.41) is 0. The third-order valence-corrected chi connectivity index (χ3v) is 7.84. The van der Waals surface area contributed by atoms with Gasteiger partial charge in [0.15, 0.2) is 0 Å². The van der Waals surface area contributed by atoms with Crippen LogP contribution in [0, 0.1) is 35.4 Å². The van der Waals surface area contributed by atoms with Crippen molar-refractivity contribution in [2.75, 3.05) is 16.3 Å². The molecule has 2 aliphatic carbocycles. The van der Waals surface area contributed by atoms with E-state index in [1.807, 2.05) is 0 Å². The van der Waals surface area contributed by atoms with E-state index < -0.39 is 17.7 Å². The molecule has 2 aromatic carbocycles. The Labute approximate surface area is 195 Å². The van der Waals surface area contributed by atoms with E-state index in [0.717, 1.165) is 19.3 Å². The van der Waals surface area contributed by atoms with Crippen LogP contribution in [0.1, 0.15) is 25.7 Å². The van der Waals surface area contributed by atoms with Gasteiger partial charge in [0.2, 0.25) is 17.7 Å². The third kappa shape index (κ3) is 3.23. The van der Waals surface area contributed by atoms with Crippen LogP contribution in [0.3, 0.4) is 0 Å². The first-order valence-corrected chi connectivity index (χ1v) is 11.7. The lowest BCUT2D eigenvalue weighted by Gasteiger charge is -2.19. The summed E-state index contributed by atoms with van der Waals surface area (Å²) in [7, 11) is 0. The molecule has 0 unspecified atom stereocenters. The molecule has 0 radical (unpaired) electrons. The van der Waals surface area contributed by atoms with E-state index in [1.54, 1.807) is 24.3 Å². The molecule has 5 atom stereocenters. The summed E-state index contributed by atoms with van der Waals surface area (Å²) in [6.07, 6.45) is 3.04. The van der Waals surface area contributed by atoms with Gasteiger partial charge in [-0.15, -0.1) is 0 Å². The largest absolute Gasteiger partial charge is 0.426 e. The number of esters is 1. The molecule has 3 amide bonds. The standard InChI is InChI=1S/C26H23FN2O5/c27-17-3-5-18(6-4-17)28-13-16(12-21(28)30)26(33)34-20-9-7-19(8-10-20)29-24(31)22-14-1-2-15(11-14)23(22)25(29)32/h3-10,14-16,22-23H,1-2,11-13H2/t14-,15-,16+,22-,23+/m0/s1. The minimum atomic E-state index is -0.645. The van der Waals surface area contributed by atoms with Crippen molar-refractivity contribution in [1.82, 2.24) is 0 Å².